The predicted molar refractivity (Wildman–Crippen MR) is 165 cm³/mol. The van der Waals surface area contributed by atoms with Gasteiger partial charge in [0.2, 0.25) is 0 Å². The SMILES string of the molecule is CO[C@H]1O[C@H]([C@@H](O)CO)[C@@H](OP(=O)(OCCNC(=O)OCc2ccccc2)OCc2ccccc2)[C@H](O)[C@@H]1OC(=O)c1ccccc1. The Morgan fingerprint density at radius 3 is 2.09 bits per heavy atom. The molecular weight excluding hydrogens is 637 g/mol. The molecule has 1 aliphatic heterocycles. The molecule has 0 radical (unpaired) electrons. The van der Waals surface area contributed by atoms with Crippen LogP contribution in [0, 0.1) is 0 Å². The normalized spacial score (nSPS) is 22.9. The van der Waals surface area contributed by atoms with Crippen LogP contribution in [0.1, 0.15) is 21.5 Å². The summed E-state index contributed by atoms with van der Waals surface area (Å²) in [7, 11) is -3.43. The van der Waals surface area contributed by atoms with E-state index in [0.29, 0.717) is 5.56 Å². The van der Waals surface area contributed by atoms with Crippen LogP contribution in [-0.2, 0) is 50.3 Å². The predicted octanol–water partition coefficient (Wildman–Crippen LogP) is 2.95. The molecule has 1 fully saturated rings. The number of nitrogens with one attached hydrogen (secondary N) is 1. The minimum atomic E-state index is -4.65. The van der Waals surface area contributed by atoms with Crippen molar-refractivity contribution < 1.29 is 62.0 Å². The number of hydrogen-bond donors (Lipinski definition) is 4. The summed E-state index contributed by atoms with van der Waals surface area (Å²) in [6, 6.07) is 25.6. The van der Waals surface area contributed by atoms with Crippen molar-refractivity contribution in [2.75, 3.05) is 26.9 Å². The maximum Gasteiger partial charge on any atom is 0.475 e. The molecule has 0 aromatic heterocycles. The molecule has 15 heteroatoms. The van der Waals surface area contributed by atoms with Crippen LogP contribution in [0.3, 0.4) is 0 Å². The van der Waals surface area contributed by atoms with Crippen LogP contribution in [0.15, 0.2) is 91.0 Å². The summed E-state index contributed by atoms with van der Waals surface area (Å²) < 4.78 is 52.6. The molecule has 4 rings (SSSR count). The Morgan fingerprint density at radius 1 is 0.894 bits per heavy atom. The second-order valence-electron chi connectivity index (χ2n) is 10.3. The van der Waals surface area contributed by atoms with Crippen LogP contribution in [-0.4, -0.2) is 91.1 Å². The summed E-state index contributed by atoms with van der Waals surface area (Å²) >= 11 is 0. The van der Waals surface area contributed by atoms with Gasteiger partial charge in [-0.25, -0.2) is 14.2 Å². The summed E-state index contributed by atoms with van der Waals surface area (Å²) in [6.45, 7) is -1.63. The third-order valence-corrected chi connectivity index (χ3v) is 8.37. The van der Waals surface area contributed by atoms with Crippen molar-refractivity contribution >= 4 is 19.9 Å². The number of phosphoric ester groups is 1. The zero-order chi connectivity index (χ0) is 33.6. The number of hydrogen-bond acceptors (Lipinski definition) is 13. The quantitative estimate of drug-likeness (QED) is 0.0987. The van der Waals surface area contributed by atoms with Crippen LogP contribution >= 0.6 is 7.82 Å². The molecule has 3 aromatic rings. The van der Waals surface area contributed by atoms with Crippen molar-refractivity contribution in [2.24, 2.45) is 0 Å². The lowest BCUT2D eigenvalue weighted by molar-refractivity contribution is -0.302. The maximum absolute atomic E-state index is 14.1. The van der Waals surface area contributed by atoms with E-state index in [1.165, 1.54) is 19.2 Å². The first-order chi connectivity index (χ1) is 22.7. The Labute approximate surface area is 271 Å². The Hall–Kier alpha value is -3.69. The van der Waals surface area contributed by atoms with E-state index in [4.69, 9.17) is 32.5 Å². The number of ether oxygens (including phenoxy) is 4. The van der Waals surface area contributed by atoms with Crippen molar-refractivity contribution in [2.45, 2.75) is 50.0 Å². The van der Waals surface area contributed by atoms with Crippen LogP contribution < -0.4 is 5.32 Å². The van der Waals surface area contributed by atoms with Gasteiger partial charge in [0, 0.05) is 13.7 Å². The number of carbonyl (C=O) groups excluding carboxylic acids is 2. The van der Waals surface area contributed by atoms with Gasteiger partial charge in [0.25, 0.3) is 0 Å². The fraction of sp³-hybridized carbons (Fsp3) is 0.375. The zero-order valence-corrected chi connectivity index (χ0v) is 26.4. The summed E-state index contributed by atoms with van der Waals surface area (Å²) in [6.07, 6.45) is -10.5. The van der Waals surface area contributed by atoms with Gasteiger partial charge in [-0.2, -0.15) is 0 Å². The van der Waals surface area contributed by atoms with Gasteiger partial charge in [-0.3, -0.25) is 13.6 Å². The number of benzene rings is 3. The number of rotatable bonds is 16. The van der Waals surface area contributed by atoms with Crippen molar-refractivity contribution in [1.82, 2.24) is 5.32 Å². The van der Waals surface area contributed by atoms with Crippen LogP contribution in [0.2, 0.25) is 0 Å². The lowest BCUT2D eigenvalue weighted by atomic mass is 9.95. The lowest BCUT2D eigenvalue weighted by Crippen LogP contribution is -2.63. The molecule has 1 heterocycles. The highest BCUT2D eigenvalue weighted by Gasteiger charge is 2.53. The van der Waals surface area contributed by atoms with Gasteiger partial charge >= 0.3 is 19.9 Å². The van der Waals surface area contributed by atoms with Gasteiger partial charge < -0.3 is 39.6 Å². The van der Waals surface area contributed by atoms with Crippen molar-refractivity contribution in [3.8, 4) is 0 Å². The molecule has 1 aliphatic rings. The molecule has 0 saturated carbocycles. The van der Waals surface area contributed by atoms with Crippen LogP contribution in [0.25, 0.3) is 0 Å². The molecule has 7 atom stereocenters. The number of alkyl carbamates (subject to hydrolysis) is 1. The van der Waals surface area contributed by atoms with E-state index in [0.717, 1.165) is 5.56 Å². The van der Waals surface area contributed by atoms with E-state index >= 15 is 0 Å². The van der Waals surface area contributed by atoms with E-state index < -0.39 is 69.9 Å². The summed E-state index contributed by atoms with van der Waals surface area (Å²) in [5.41, 5.74) is 1.55. The second kappa shape index (κ2) is 18.0. The average molecular weight is 676 g/mol. The van der Waals surface area contributed by atoms with E-state index in [9.17, 15) is 29.5 Å². The van der Waals surface area contributed by atoms with Crippen LogP contribution in [0.4, 0.5) is 4.79 Å². The minimum Gasteiger partial charge on any atom is -0.450 e. The van der Waals surface area contributed by atoms with Gasteiger partial charge in [-0.1, -0.05) is 78.9 Å². The van der Waals surface area contributed by atoms with Gasteiger partial charge in [0.15, 0.2) is 12.4 Å². The molecule has 0 spiro atoms. The fourth-order valence-electron chi connectivity index (χ4n) is 4.53. The number of phosphoric acid groups is 1. The average Bonchev–Trinajstić information content (AvgIpc) is 3.11. The van der Waals surface area contributed by atoms with E-state index in [1.54, 1.807) is 72.8 Å². The molecule has 4 N–H and O–H groups in total. The molecule has 47 heavy (non-hydrogen) atoms. The van der Waals surface area contributed by atoms with Gasteiger partial charge in [-0.15, -0.1) is 0 Å². The minimum absolute atomic E-state index is 0.0297. The molecule has 254 valence electrons. The molecule has 1 amide bonds. The van der Waals surface area contributed by atoms with Gasteiger partial charge in [0.05, 0.1) is 25.4 Å². The van der Waals surface area contributed by atoms with E-state index in [-0.39, 0.29) is 25.3 Å². The summed E-state index contributed by atoms with van der Waals surface area (Å²) in [5, 5.41) is 34.2. The number of amides is 1. The summed E-state index contributed by atoms with van der Waals surface area (Å²) in [4.78, 5) is 25.0. The third-order valence-electron chi connectivity index (χ3n) is 6.92. The Kier molecular flexibility index (Phi) is 13.9. The Balaban J connectivity index is 1.48. The highest BCUT2D eigenvalue weighted by molar-refractivity contribution is 7.48. The van der Waals surface area contributed by atoms with Crippen LogP contribution in [0.5, 0.6) is 0 Å². The molecule has 1 saturated heterocycles. The number of esters is 1. The maximum atomic E-state index is 14.1. The molecule has 1 unspecified atom stereocenters. The number of carbonyl (C=O) groups is 2. The number of methoxy groups -OCH3 is 1. The summed E-state index contributed by atoms with van der Waals surface area (Å²) in [5.74, 6) is -0.829. The largest absolute Gasteiger partial charge is 0.475 e. The monoisotopic (exact) mass is 675 g/mol. The van der Waals surface area contributed by atoms with Crippen molar-refractivity contribution in [3.63, 3.8) is 0 Å². The number of aliphatic hydroxyl groups excluding tert-OH is 3. The van der Waals surface area contributed by atoms with E-state index in [2.05, 4.69) is 5.32 Å². The standard InChI is InChI=1S/C32H38NO13P/c1-40-31-29(44-30(37)24-15-9-4-10-16-24)26(36)28(27(45-31)25(35)19-34)46-47(39,43-21-23-13-7-3-8-14-23)42-18-17-33-32(38)41-20-22-11-5-2-6-12-22/h2-16,25-29,31,34-36H,17-21H2,1H3,(H,33,38)/t25-,26-,27+,28-,29-,31-,47?/m0/s1. The smallest absolute Gasteiger partial charge is 0.450 e. The Morgan fingerprint density at radius 2 is 1.49 bits per heavy atom. The fourth-order valence-corrected chi connectivity index (χ4v) is 5.89. The highest BCUT2D eigenvalue weighted by Crippen LogP contribution is 2.53. The highest BCUT2D eigenvalue weighted by atomic mass is 31.2. The number of aliphatic hydroxyl groups is 3. The van der Waals surface area contributed by atoms with Gasteiger partial charge in [-0.05, 0) is 23.3 Å². The molecule has 0 bridgehead atoms. The first-order valence-electron chi connectivity index (χ1n) is 14.7. The first kappa shape index (κ1) is 36.2. The van der Waals surface area contributed by atoms with Gasteiger partial charge in [0.1, 0.15) is 31.0 Å². The first-order valence-corrected chi connectivity index (χ1v) is 16.2. The molecular formula is C32H38NO13P. The third kappa shape index (κ3) is 10.7. The Bertz CT molecular complexity index is 1430. The molecule has 14 nitrogen and oxygen atoms in total. The zero-order valence-electron chi connectivity index (χ0n) is 25.5. The van der Waals surface area contributed by atoms with E-state index in [1.807, 2.05) is 6.07 Å². The molecule has 3 aromatic carbocycles. The second-order valence-corrected chi connectivity index (χ2v) is 11.9. The topological polar surface area (TPSA) is 189 Å². The lowest BCUT2D eigenvalue weighted by Gasteiger charge is -2.44. The molecule has 0 aliphatic carbocycles. The van der Waals surface area contributed by atoms with Crippen molar-refractivity contribution in [3.05, 3.63) is 108 Å². The van der Waals surface area contributed by atoms with Crippen molar-refractivity contribution in [1.29, 1.82) is 0 Å².